The Labute approximate surface area is 175 Å². The van der Waals surface area contributed by atoms with Gasteiger partial charge in [-0.25, -0.2) is 0 Å². The van der Waals surface area contributed by atoms with Crippen molar-refractivity contribution >= 4 is 23.4 Å². The lowest BCUT2D eigenvalue weighted by molar-refractivity contribution is -0.128. The van der Waals surface area contributed by atoms with Crippen LogP contribution in [-0.2, 0) is 4.79 Å². The average Bonchev–Trinajstić information content (AvgIpc) is 3.44. The van der Waals surface area contributed by atoms with Gasteiger partial charge in [-0.1, -0.05) is 36.6 Å². The number of amides is 2. The normalized spacial score (nSPS) is 19.3. The summed E-state index contributed by atoms with van der Waals surface area (Å²) in [4.78, 5) is 29.7. The van der Waals surface area contributed by atoms with Gasteiger partial charge in [-0.15, -0.1) is 0 Å². The number of benzene rings is 1. The Morgan fingerprint density at radius 1 is 1.03 bits per heavy atom. The third-order valence-electron chi connectivity index (χ3n) is 5.83. The zero-order valence-electron chi connectivity index (χ0n) is 16.4. The van der Waals surface area contributed by atoms with Gasteiger partial charge in [0.25, 0.3) is 5.91 Å². The van der Waals surface area contributed by atoms with Crippen LogP contribution in [0.5, 0.6) is 0 Å². The summed E-state index contributed by atoms with van der Waals surface area (Å²) in [6.07, 6.45) is 5.94. The third-order valence-corrected chi connectivity index (χ3v) is 6.09. The quantitative estimate of drug-likeness (QED) is 0.811. The molecule has 2 aromatic rings. The Balaban J connectivity index is 1.47. The molecule has 1 saturated heterocycles. The van der Waals surface area contributed by atoms with Crippen LogP contribution in [0.2, 0.25) is 5.02 Å². The molecule has 1 aliphatic carbocycles. The van der Waals surface area contributed by atoms with Crippen LogP contribution in [0.1, 0.15) is 47.8 Å². The Hall–Kier alpha value is -2.31. The summed E-state index contributed by atoms with van der Waals surface area (Å²) in [7, 11) is 0. The van der Waals surface area contributed by atoms with E-state index in [1.165, 1.54) is 19.1 Å². The summed E-state index contributed by atoms with van der Waals surface area (Å²) >= 11 is 6.05. The summed E-state index contributed by atoms with van der Waals surface area (Å²) in [6, 6.07) is 10.8. The minimum atomic E-state index is -0.381. The standard InChI is InChI=1S/C22H26ClN3O3/c23-17-9-7-16(8-10-17)20(21(27)24-18-4-1-2-5-18)25-11-13-26(14-12-25)22(28)19-6-3-15-29-19/h3,6-10,15,18,20H,1-2,4-5,11-14H2,(H,24,27)/t20-/m0/s1. The minimum Gasteiger partial charge on any atom is -0.459 e. The van der Waals surface area contributed by atoms with E-state index in [-0.39, 0.29) is 23.9 Å². The molecule has 1 aromatic heterocycles. The molecule has 7 heteroatoms. The molecule has 1 N–H and O–H groups in total. The van der Waals surface area contributed by atoms with E-state index in [1.807, 2.05) is 24.3 Å². The van der Waals surface area contributed by atoms with Crippen LogP contribution in [0.15, 0.2) is 47.1 Å². The van der Waals surface area contributed by atoms with Gasteiger partial charge in [0.2, 0.25) is 5.91 Å². The maximum Gasteiger partial charge on any atom is 0.289 e. The number of nitrogens with one attached hydrogen (secondary N) is 1. The van der Waals surface area contributed by atoms with Crippen molar-refractivity contribution in [2.75, 3.05) is 26.2 Å². The number of halogens is 1. The first-order chi connectivity index (χ1) is 14.1. The molecule has 2 fully saturated rings. The summed E-state index contributed by atoms with van der Waals surface area (Å²) < 4.78 is 5.23. The summed E-state index contributed by atoms with van der Waals surface area (Å²) in [5, 5.41) is 3.89. The lowest BCUT2D eigenvalue weighted by Gasteiger charge is -2.38. The number of nitrogens with zero attached hydrogens (tertiary/aromatic N) is 2. The zero-order valence-corrected chi connectivity index (χ0v) is 17.1. The molecule has 1 aromatic carbocycles. The average molecular weight is 416 g/mol. The number of carbonyl (C=O) groups excluding carboxylic acids is 2. The van der Waals surface area contributed by atoms with E-state index >= 15 is 0 Å². The zero-order chi connectivity index (χ0) is 20.2. The summed E-state index contributed by atoms with van der Waals surface area (Å²) in [5.41, 5.74) is 0.927. The summed E-state index contributed by atoms with van der Waals surface area (Å²) in [6.45, 7) is 2.36. The molecule has 29 heavy (non-hydrogen) atoms. The van der Waals surface area contributed by atoms with Gasteiger partial charge >= 0.3 is 0 Å². The van der Waals surface area contributed by atoms with Crippen molar-refractivity contribution < 1.29 is 14.0 Å². The third kappa shape index (κ3) is 4.65. The van der Waals surface area contributed by atoms with Crippen LogP contribution in [-0.4, -0.2) is 53.8 Å². The van der Waals surface area contributed by atoms with Crippen LogP contribution in [0.3, 0.4) is 0 Å². The van der Waals surface area contributed by atoms with Gasteiger partial charge in [-0.2, -0.15) is 0 Å². The highest BCUT2D eigenvalue weighted by molar-refractivity contribution is 6.30. The molecule has 2 heterocycles. The molecule has 6 nitrogen and oxygen atoms in total. The van der Waals surface area contributed by atoms with Crippen molar-refractivity contribution in [3.8, 4) is 0 Å². The van der Waals surface area contributed by atoms with Crippen LogP contribution in [0.4, 0.5) is 0 Å². The topological polar surface area (TPSA) is 65.8 Å². The maximum atomic E-state index is 13.2. The van der Waals surface area contributed by atoms with E-state index in [4.69, 9.17) is 16.0 Å². The Bertz CT molecular complexity index is 823. The highest BCUT2D eigenvalue weighted by Crippen LogP contribution is 2.26. The van der Waals surface area contributed by atoms with Crippen molar-refractivity contribution in [1.82, 2.24) is 15.1 Å². The molecule has 1 atom stereocenters. The molecule has 0 unspecified atom stereocenters. The first kappa shape index (κ1) is 20.0. The second-order valence-corrected chi connectivity index (χ2v) is 8.19. The summed E-state index contributed by atoms with van der Waals surface area (Å²) in [5.74, 6) is 0.282. The number of rotatable bonds is 5. The van der Waals surface area contributed by atoms with Crippen molar-refractivity contribution in [1.29, 1.82) is 0 Å². The van der Waals surface area contributed by atoms with Crippen LogP contribution in [0.25, 0.3) is 0 Å². The van der Waals surface area contributed by atoms with Gasteiger partial charge in [0, 0.05) is 37.2 Å². The number of piperazine rings is 1. The smallest absolute Gasteiger partial charge is 0.289 e. The first-order valence-electron chi connectivity index (χ1n) is 10.2. The Morgan fingerprint density at radius 3 is 2.34 bits per heavy atom. The van der Waals surface area contributed by atoms with Gasteiger partial charge in [0.05, 0.1) is 6.26 Å². The SMILES string of the molecule is O=C(NC1CCCC1)[C@H](c1ccc(Cl)cc1)N1CCN(C(=O)c2ccco2)CC1. The van der Waals surface area contributed by atoms with Gasteiger partial charge < -0.3 is 14.6 Å². The first-order valence-corrected chi connectivity index (χ1v) is 10.6. The number of carbonyl (C=O) groups is 2. The van der Waals surface area contributed by atoms with Crippen LogP contribution >= 0.6 is 11.6 Å². The molecule has 2 aliphatic rings. The van der Waals surface area contributed by atoms with E-state index in [0.29, 0.717) is 37.0 Å². The molecule has 154 valence electrons. The molecule has 0 spiro atoms. The van der Waals surface area contributed by atoms with E-state index in [0.717, 1.165) is 18.4 Å². The molecular weight excluding hydrogens is 390 g/mol. The van der Waals surface area contributed by atoms with Gasteiger partial charge in [-0.05, 0) is 42.7 Å². The second-order valence-electron chi connectivity index (χ2n) is 7.75. The Kier molecular flexibility index (Phi) is 6.21. The predicted molar refractivity (Wildman–Crippen MR) is 111 cm³/mol. The molecular formula is C22H26ClN3O3. The van der Waals surface area contributed by atoms with Crippen molar-refractivity contribution in [3.05, 3.63) is 59.0 Å². The lowest BCUT2D eigenvalue weighted by atomic mass is 10.0. The van der Waals surface area contributed by atoms with Crippen LogP contribution in [0, 0.1) is 0 Å². The maximum absolute atomic E-state index is 13.2. The van der Waals surface area contributed by atoms with Gasteiger partial charge in [0.15, 0.2) is 5.76 Å². The molecule has 2 amide bonds. The monoisotopic (exact) mass is 415 g/mol. The Morgan fingerprint density at radius 2 is 1.72 bits per heavy atom. The fraction of sp³-hybridized carbons (Fsp3) is 0.455. The lowest BCUT2D eigenvalue weighted by Crippen LogP contribution is -2.53. The van der Waals surface area contributed by atoms with Crippen molar-refractivity contribution in [3.63, 3.8) is 0 Å². The van der Waals surface area contributed by atoms with E-state index in [9.17, 15) is 9.59 Å². The number of hydrogen-bond donors (Lipinski definition) is 1. The van der Waals surface area contributed by atoms with Crippen molar-refractivity contribution in [2.24, 2.45) is 0 Å². The van der Waals surface area contributed by atoms with E-state index < -0.39 is 0 Å². The molecule has 4 rings (SSSR count). The van der Waals surface area contributed by atoms with Crippen molar-refractivity contribution in [2.45, 2.75) is 37.8 Å². The van der Waals surface area contributed by atoms with Gasteiger partial charge in [-0.3, -0.25) is 14.5 Å². The fourth-order valence-electron chi connectivity index (χ4n) is 4.26. The predicted octanol–water partition coefficient (Wildman–Crippen LogP) is 3.49. The second kappa shape index (κ2) is 9.01. The van der Waals surface area contributed by atoms with E-state index in [1.54, 1.807) is 17.0 Å². The highest BCUT2D eigenvalue weighted by atomic mass is 35.5. The van der Waals surface area contributed by atoms with E-state index in [2.05, 4.69) is 10.2 Å². The van der Waals surface area contributed by atoms with Gasteiger partial charge in [0.1, 0.15) is 6.04 Å². The molecule has 1 aliphatic heterocycles. The minimum absolute atomic E-state index is 0.0324. The highest BCUT2D eigenvalue weighted by Gasteiger charge is 2.33. The largest absolute Gasteiger partial charge is 0.459 e. The van der Waals surface area contributed by atoms with Crippen LogP contribution < -0.4 is 5.32 Å². The number of hydrogen-bond acceptors (Lipinski definition) is 4. The molecule has 0 radical (unpaired) electrons. The fourth-order valence-corrected chi connectivity index (χ4v) is 4.39. The molecule has 0 bridgehead atoms. The molecule has 1 saturated carbocycles. The number of furan rings is 1.